The van der Waals surface area contributed by atoms with Crippen molar-refractivity contribution in [3.8, 4) is 5.75 Å². The summed E-state index contributed by atoms with van der Waals surface area (Å²) in [6, 6.07) is 1.12. The third-order valence-corrected chi connectivity index (χ3v) is 7.58. The molecule has 0 bridgehead atoms. The monoisotopic (exact) mass is 635 g/mol. The Bertz CT molecular complexity index is 1370. The fraction of sp³-hybridized carbons (Fsp3) is 0.571. The van der Waals surface area contributed by atoms with Crippen molar-refractivity contribution < 1.29 is 49.9 Å². The van der Waals surface area contributed by atoms with E-state index in [0.717, 1.165) is 32.6 Å². The van der Waals surface area contributed by atoms with Gasteiger partial charge in [-0.15, -0.1) is 13.2 Å². The van der Waals surface area contributed by atoms with Crippen LogP contribution in [0, 0.1) is 23.6 Å². The molecule has 0 saturated heterocycles. The summed E-state index contributed by atoms with van der Waals surface area (Å²) < 4.78 is 98.2. The van der Waals surface area contributed by atoms with Crippen LogP contribution in [0.25, 0.3) is 0 Å². The van der Waals surface area contributed by atoms with Crippen LogP contribution in [0.3, 0.4) is 0 Å². The molecule has 2 fully saturated rings. The summed E-state index contributed by atoms with van der Waals surface area (Å²) in [6.45, 7) is 2.83. The van der Waals surface area contributed by atoms with Gasteiger partial charge in [-0.1, -0.05) is 0 Å². The maximum Gasteiger partial charge on any atom is 0.573 e. The number of nitrogens with one attached hydrogen (secondary N) is 3. The van der Waals surface area contributed by atoms with E-state index in [1.165, 1.54) is 22.3 Å². The first-order valence-corrected chi connectivity index (χ1v) is 14.0. The molecule has 3 N–H and O–H groups in total. The van der Waals surface area contributed by atoms with E-state index in [1.54, 1.807) is 13.8 Å². The van der Waals surface area contributed by atoms with Gasteiger partial charge in [0.05, 0.1) is 11.6 Å². The Morgan fingerprint density at radius 1 is 1.00 bits per heavy atom. The normalized spacial score (nSPS) is 16.9. The molecule has 1 aromatic heterocycles. The highest BCUT2D eigenvalue weighted by molar-refractivity contribution is 6.01. The van der Waals surface area contributed by atoms with Crippen LogP contribution < -0.4 is 20.7 Å². The molecule has 1 heterocycles. The Balaban J connectivity index is 1.63. The van der Waals surface area contributed by atoms with Crippen molar-refractivity contribution in [3.63, 3.8) is 0 Å². The number of rotatable bonds is 12. The molecule has 2 atom stereocenters. The number of hydrogen-bond donors (Lipinski definition) is 3. The van der Waals surface area contributed by atoms with Crippen LogP contribution in [0.15, 0.2) is 24.4 Å². The number of ether oxygens (including phenoxy) is 1. The number of anilines is 1. The Labute approximate surface area is 247 Å². The lowest BCUT2D eigenvalue weighted by molar-refractivity contribution is -0.275. The Morgan fingerprint density at radius 3 is 2.14 bits per heavy atom. The molecule has 1 aromatic carbocycles. The molecule has 0 radical (unpaired) electrons. The highest BCUT2D eigenvalue weighted by atomic mass is 19.4. The third-order valence-electron chi connectivity index (χ3n) is 7.58. The second-order valence-corrected chi connectivity index (χ2v) is 11.4. The molecular weight excluding hydrogens is 603 g/mol. The van der Waals surface area contributed by atoms with Crippen LogP contribution in [-0.4, -0.2) is 52.6 Å². The lowest BCUT2D eigenvalue weighted by Crippen LogP contribution is -2.50. The largest absolute Gasteiger partial charge is 0.573 e. The molecule has 44 heavy (non-hydrogen) atoms. The average molecular weight is 636 g/mol. The zero-order chi connectivity index (χ0) is 32.6. The van der Waals surface area contributed by atoms with Gasteiger partial charge in [0, 0.05) is 23.9 Å². The summed E-state index contributed by atoms with van der Waals surface area (Å²) in [6.07, 6.45) is -5.45. The summed E-state index contributed by atoms with van der Waals surface area (Å²) in [5.74, 6) is -6.95. The average Bonchev–Trinajstić information content (AvgIpc) is 3.86. The number of amides is 3. The molecule has 4 rings (SSSR count). The van der Waals surface area contributed by atoms with Gasteiger partial charge >= 0.3 is 12.5 Å². The third kappa shape index (κ3) is 8.40. The number of carbonyl (C=O) groups excluding carboxylic acids is 3. The van der Waals surface area contributed by atoms with Gasteiger partial charge < -0.3 is 20.7 Å². The number of alkyl halides is 6. The summed E-state index contributed by atoms with van der Waals surface area (Å²) in [5.41, 5.74) is -1.26. The Kier molecular flexibility index (Phi) is 9.49. The van der Waals surface area contributed by atoms with Crippen molar-refractivity contribution in [2.75, 3.05) is 11.9 Å². The van der Waals surface area contributed by atoms with Gasteiger partial charge in [-0.25, -0.2) is 4.39 Å². The van der Waals surface area contributed by atoms with E-state index in [2.05, 4.69) is 20.5 Å². The SMILES string of the molecule is CC(C(=O)NCC(F)(F)F)c1cc(F)c(NC(=O)[C@@H](NC(=O)c2ccnn2C(C)C)C(C2CC2)C2CC2)cc1OC(F)(F)F. The first kappa shape index (κ1) is 33.1. The van der Waals surface area contributed by atoms with Crippen LogP contribution in [0.5, 0.6) is 5.75 Å². The van der Waals surface area contributed by atoms with E-state index < -0.39 is 71.6 Å². The molecule has 2 aromatic rings. The van der Waals surface area contributed by atoms with Gasteiger partial charge in [0.25, 0.3) is 5.91 Å². The van der Waals surface area contributed by atoms with E-state index in [4.69, 9.17) is 0 Å². The highest BCUT2D eigenvalue weighted by Crippen LogP contribution is 2.51. The fourth-order valence-electron chi connectivity index (χ4n) is 5.26. The van der Waals surface area contributed by atoms with Crippen molar-refractivity contribution in [2.45, 2.75) is 77.0 Å². The zero-order valence-corrected chi connectivity index (χ0v) is 24.0. The number of nitrogens with zero attached hydrogens (tertiary/aromatic N) is 2. The van der Waals surface area contributed by atoms with Crippen molar-refractivity contribution in [3.05, 3.63) is 41.5 Å². The van der Waals surface area contributed by atoms with Gasteiger partial charge in [-0.2, -0.15) is 18.3 Å². The molecule has 3 amide bonds. The van der Waals surface area contributed by atoms with Crippen LogP contribution in [0.4, 0.5) is 36.4 Å². The van der Waals surface area contributed by atoms with Crippen LogP contribution in [0.1, 0.15) is 74.5 Å². The second-order valence-electron chi connectivity index (χ2n) is 11.4. The first-order chi connectivity index (χ1) is 20.4. The molecule has 2 saturated carbocycles. The molecule has 16 heteroatoms. The summed E-state index contributed by atoms with van der Waals surface area (Å²) in [4.78, 5) is 39.2. The molecule has 9 nitrogen and oxygen atoms in total. The second kappa shape index (κ2) is 12.6. The molecular formula is C28H32F7N5O4. The number of benzene rings is 1. The van der Waals surface area contributed by atoms with Gasteiger partial charge in [0.2, 0.25) is 11.8 Å². The quantitative estimate of drug-likeness (QED) is 0.268. The van der Waals surface area contributed by atoms with E-state index >= 15 is 4.39 Å². The Morgan fingerprint density at radius 2 is 1.61 bits per heavy atom. The predicted octanol–water partition coefficient (Wildman–Crippen LogP) is 5.46. The van der Waals surface area contributed by atoms with Crippen LogP contribution in [-0.2, 0) is 9.59 Å². The highest BCUT2D eigenvalue weighted by Gasteiger charge is 2.48. The van der Waals surface area contributed by atoms with Crippen LogP contribution >= 0.6 is 0 Å². The van der Waals surface area contributed by atoms with Crippen molar-refractivity contribution in [1.29, 1.82) is 0 Å². The lowest BCUT2D eigenvalue weighted by atomic mass is 9.88. The van der Waals surface area contributed by atoms with E-state index in [9.17, 15) is 40.7 Å². The van der Waals surface area contributed by atoms with E-state index in [-0.39, 0.29) is 29.5 Å². The minimum atomic E-state index is -5.32. The van der Waals surface area contributed by atoms with Gasteiger partial charge in [0.1, 0.15) is 29.8 Å². The number of carbonyl (C=O) groups is 3. The molecule has 0 spiro atoms. The van der Waals surface area contributed by atoms with Crippen LogP contribution in [0.2, 0.25) is 0 Å². The van der Waals surface area contributed by atoms with Gasteiger partial charge in [-0.3, -0.25) is 19.1 Å². The first-order valence-electron chi connectivity index (χ1n) is 14.0. The van der Waals surface area contributed by atoms with Gasteiger partial charge in [0.15, 0.2) is 0 Å². The fourth-order valence-corrected chi connectivity index (χ4v) is 5.26. The predicted molar refractivity (Wildman–Crippen MR) is 142 cm³/mol. The standard InChI is InChI=1S/C28H32F7N5O4/c1-13(2)40-20(8-9-37-40)25(42)39-23(22(15-4-5-15)16-6-7-16)26(43)38-19-11-21(44-28(33,34)35)17(10-18(19)29)14(3)24(41)36-12-27(30,31)32/h8-11,13-16,22-23H,4-7,12H2,1-3H3,(H,36,41)(H,38,43)(H,39,42)/t14?,23-/m0/s1. The number of halogens is 7. The minimum absolute atomic E-state index is 0.112. The lowest BCUT2D eigenvalue weighted by Gasteiger charge is -2.28. The zero-order valence-electron chi connectivity index (χ0n) is 24.0. The maximum absolute atomic E-state index is 15.3. The molecule has 2 aliphatic rings. The minimum Gasteiger partial charge on any atom is -0.405 e. The van der Waals surface area contributed by atoms with E-state index in [0.29, 0.717) is 12.1 Å². The molecule has 242 valence electrons. The number of hydrogen-bond acceptors (Lipinski definition) is 5. The summed E-state index contributed by atoms with van der Waals surface area (Å²) in [7, 11) is 0. The molecule has 2 aliphatic carbocycles. The van der Waals surface area contributed by atoms with Crippen molar-refractivity contribution in [1.82, 2.24) is 20.4 Å². The van der Waals surface area contributed by atoms with E-state index in [1.807, 2.05) is 0 Å². The number of aromatic nitrogens is 2. The van der Waals surface area contributed by atoms with Crippen molar-refractivity contribution >= 4 is 23.4 Å². The van der Waals surface area contributed by atoms with Crippen molar-refractivity contribution in [2.24, 2.45) is 17.8 Å². The summed E-state index contributed by atoms with van der Waals surface area (Å²) in [5, 5.41) is 10.7. The smallest absolute Gasteiger partial charge is 0.405 e. The maximum atomic E-state index is 15.3. The molecule has 1 unspecified atom stereocenters. The Hall–Kier alpha value is -3.85. The summed E-state index contributed by atoms with van der Waals surface area (Å²) >= 11 is 0. The van der Waals surface area contributed by atoms with Gasteiger partial charge in [-0.05, 0) is 76.3 Å². The molecule has 0 aliphatic heterocycles. The topological polar surface area (TPSA) is 114 Å².